The van der Waals surface area contributed by atoms with Gasteiger partial charge in [-0.15, -0.1) is 0 Å². The summed E-state index contributed by atoms with van der Waals surface area (Å²) in [4.78, 5) is 27.9. The Hall–Kier alpha value is -4.06. The highest BCUT2D eigenvalue weighted by Gasteiger charge is 2.46. The predicted molar refractivity (Wildman–Crippen MR) is 130 cm³/mol. The molecule has 0 radical (unpaired) electrons. The van der Waals surface area contributed by atoms with Crippen LogP contribution in [0.15, 0.2) is 84.4 Å². The van der Waals surface area contributed by atoms with Crippen molar-refractivity contribution >= 4 is 17.4 Å². The quantitative estimate of drug-likeness (QED) is 0.289. The third-order valence-corrected chi connectivity index (χ3v) is 5.73. The van der Waals surface area contributed by atoms with Gasteiger partial charge >= 0.3 is 0 Å². The van der Waals surface area contributed by atoms with Gasteiger partial charge in [-0.05, 0) is 41.8 Å². The number of Topliss-reactive ketones (excluding diaryl/α,β-unsaturated/α-hetero) is 1. The van der Waals surface area contributed by atoms with Crippen LogP contribution in [0.1, 0.15) is 36.1 Å². The first-order valence-electron chi connectivity index (χ1n) is 11.2. The maximum absolute atomic E-state index is 13.2. The molecule has 0 bridgehead atoms. The van der Waals surface area contributed by atoms with Crippen LogP contribution < -0.4 is 9.47 Å². The minimum atomic E-state index is -0.768. The molecule has 4 rings (SSSR count). The van der Waals surface area contributed by atoms with E-state index in [2.05, 4.69) is 0 Å². The Morgan fingerprint density at radius 3 is 2.41 bits per heavy atom. The highest BCUT2D eigenvalue weighted by molar-refractivity contribution is 6.46. The van der Waals surface area contributed by atoms with Gasteiger partial charge in [0.05, 0.1) is 25.3 Å². The Balaban J connectivity index is 1.83. The van der Waals surface area contributed by atoms with Crippen molar-refractivity contribution in [3.63, 3.8) is 0 Å². The lowest BCUT2D eigenvalue weighted by Gasteiger charge is -2.25. The smallest absolute Gasteiger partial charge is 0.295 e. The molecule has 1 fully saturated rings. The third kappa shape index (κ3) is 4.66. The lowest BCUT2D eigenvalue weighted by atomic mass is 9.95. The molecular formula is C28H27NO5. The molecule has 1 amide bonds. The second kappa shape index (κ2) is 10.3. The molecule has 1 atom stereocenters. The van der Waals surface area contributed by atoms with Gasteiger partial charge in [-0.3, -0.25) is 9.59 Å². The van der Waals surface area contributed by atoms with E-state index in [4.69, 9.17) is 9.47 Å². The number of ether oxygens (including phenoxy) is 2. The maximum Gasteiger partial charge on any atom is 0.295 e. The van der Waals surface area contributed by atoms with Crippen LogP contribution >= 0.6 is 0 Å². The highest BCUT2D eigenvalue weighted by atomic mass is 16.5. The largest absolute Gasteiger partial charge is 0.507 e. The van der Waals surface area contributed by atoms with E-state index in [0.717, 1.165) is 12.0 Å². The summed E-state index contributed by atoms with van der Waals surface area (Å²) in [7, 11) is 1.56. The second-order valence-corrected chi connectivity index (χ2v) is 8.07. The minimum absolute atomic E-state index is 0.0434. The number of hydrogen-bond donors (Lipinski definition) is 1. The van der Waals surface area contributed by atoms with Crippen LogP contribution in [-0.4, -0.2) is 35.4 Å². The van der Waals surface area contributed by atoms with Gasteiger partial charge in [0.15, 0.2) is 0 Å². The van der Waals surface area contributed by atoms with Gasteiger partial charge in [0.25, 0.3) is 11.7 Å². The van der Waals surface area contributed by atoms with Gasteiger partial charge in [0, 0.05) is 12.1 Å². The number of nitrogens with zero attached hydrogens (tertiary/aromatic N) is 1. The van der Waals surface area contributed by atoms with Crippen molar-refractivity contribution in [1.82, 2.24) is 4.90 Å². The van der Waals surface area contributed by atoms with E-state index >= 15 is 0 Å². The van der Waals surface area contributed by atoms with Crippen LogP contribution in [0.3, 0.4) is 0 Å². The van der Waals surface area contributed by atoms with E-state index in [0.29, 0.717) is 29.2 Å². The molecule has 6 nitrogen and oxygen atoms in total. The van der Waals surface area contributed by atoms with Crippen molar-refractivity contribution in [2.45, 2.75) is 25.9 Å². The van der Waals surface area contributed by atoms with Gasteiger partial charge in [0.2, 0.25) is 0 Å². The van der Waals surface area contributed by atoms with Crippen molar-refractivity contribution in [1.29, 1.82) is 0 Å². The van der Waals surface area contributed by atoms with Crippen molar-refractivity contribution in [2.24, 2.45) is 0 Å². The molecule has 0 aliphatic carbocycles. The molecule has 0 saturated carbocycles. The van der Waals surface area contributed by atoms with Gasteiger partial charge in [-0.25, -0.2) is 0 Å². The average Bonchev–Trinajstić information content (AvgIpc) is 3.12. The Bertz CT molecular complexity index is 1220. The summed E-state index contributed by atoms with van der Waals surface area (Å²) in [6.45, 7) is 2.77. The molecule has 1 unspecified atom stereocenters. The number of likely N-dealkylation sites (tertiary alicyclic amines) is 1. The molecular weight excluding hydrogens is 430 g/mol. The predicted octanol–water partition coefficient (Wildman–Crippen LogP) is 5.11. The van der Waals surface area contributed by atoms with E-state index in [1.807, 2.05) is 43.3 Å². The molecule has 1 heterocycles. The highest BCUT2D eigenvalue weighted by Crippen LogP contribution is 2.41. The molecule has 1 N–H and O–H groups in total. The van der Waals surface area contributed by atoms with E-state index < -0.39 is 17.7 Å². The second-order valence-electron chi connectivity index (χ2n) is 8.07. The first kappa shape index (κ1) is 23.1. The molecule has 1 saturated heterocycles. The van der Waals surface area contributed by atoms with Crippen LogP contribution in [0, 0.1) is 0 Å². The first-order valence-corrected chi connectivity index (χ1v) is 11.2. The Labute approximate surface area is 199 Å². The lowest BCUT2D eigenvalue weighted by molar-refractivity contribution is -0.140. The summed E-state index contributed by atoms with van der Waals surface area (Å²) in [6.07, 6.45) is 0.844. The number of carbonyl (C=O) groups excluding carboxylic acids is 2. The van der Waals surface area contributed by atoms with Gasteiger partial charge in [-0.2, -0.15) is 0 Å². The average molecular weight is 458 g/mol. The monoisotopic (exact) mass is 457 g/mol. The van der Waals surface area contributed by atoms with Crippen LogP contribution in [0.5, 0.6) is 11.5 Å². The minimum Gasteiger partial charge on any atom is -0.507 e. The molecule has 34 heavy (non-hydrogen) atoms. The number of carbonyl (C=O) groups is 2. The van der Waals surface area contributed by atoms with E-state index in [1.54, 1.807) is 49.6 Å². The molecule has 6 heteroatoms. The number of benzene rings is 3. The van der Waals surface area contributed by atoms with Crippen LogP contribution in [-0.2, 0) is 16.1 Å². The topological polar surface area (TPSA) is 76.1 Å². The zero-order valence-electron chi connectivity index (χ0n) is 19.2. The number of amides is 1. The summed E-state index contributed by atoms with van der Waals surface area (Å²) >= 11 is 0. The van der Waals surface area contributed by atoms with Gasteiger partial charge in [0.1, 0.15) is 17.3 Å². The van der Waals surface area contributed by atoms with Crippen molar-refractivity contribution in [2.75, 3.05) is 13.7 Å². The number of methoxy groups -OCH3 is 1. The summed E-state index contributed by atoms with van der Waals surface area (Å²) in [6, 6.07) is 22.8. The van der Waals surface area contributed by atoms with E-state index in [9.17, 15) is 14.7 Å². The zero-order valence-corrected chi connectivity index (χ0v) is 19.2. The van der Waals surface area contributed by atoms with Crippen LogP contribution in [0.25, 0.3) is 5.76 Å². The Kier molecular flexibility index (Phi) is 6.97. The van der Waals surface area contributed by atoms with Gasteiger partial charge < -0.3 is 19.5 Å². The third-order valence-electron chi connectivity index (χ3n) is 5.73. The summed E-state index contributed by atoms with van der Waals surface area (Å²) in [5, 5.41) is 11.3. The molecule has 0 aromatic heterocycles. The fourth-order valence-corrected chi connectivity index (χ4v) is 4.09. The molecule has 0 spiro atoms. The number of aliphatic hydroxyl groups is 1. The van der Waals surface area contributed by atoms with Crippen LogP contribution in [0.4, 0.5) is 0 Å². The SMILES string of the molecule is CCCOc1cccc(C(O)=C2C(=O)C(=O)N(Cc3ccccc3)C2c2cccc(OC)c2)c1. The summed E-state index contributed by atoms with van der Waals surface area (Å²) < 4.78 is 11.1. The van der Waals surface area contributed by atoms with E-state index in [1.165, 1.54) is 4.90 Å². The molecule has 3 aromatic carbocycles. The van der Waals surface area contributed by atoms with Crippen molar-refractivity contribution in [3.8, 4) is 11.5 Å². The fraction of sp³-hybridized carbons (Fsp3) is 0.214. The molecule has 3 aromatic rings. The normalized spacial score (nSPS) is 17.1. The van der Waals surface area contributed by atoms with Crippen molar-refractivity contribution < 1.29 is 24.2 Å². The molecule has 1 aliphatic rings. The summed E-state index contributed by atoms with van der Waals surface area (Å²) in [5.41, 5.74) is 2.02. The molecule has 174 valence electrons. The molecule has 1 aliphatic heterocycles. The maximum atomic E-state index is 13.2. The number of hydrogen-bond acceptors (Lipinski definition) is 5. The zero-order chi connectivity index (χ0) is 24.1. The fourth-order valence-electron chi connectivity index (χ4n) is 4.09. The number of aliphatic hydroxyl groups excluding tert-OH is 1. The summed E-state index contributed by atoms with van der Waals surface area (Å²) in [5.74, 6) is -0.429. The van der Waals surface area contributed by atoms with Crippen molar-refractivity contribution in [3.05, 3.63) is 101 Å². The van der Waals surface area contributed by atoms with E-state index in [-0.39, 0.29) is 17.9 Å². The Morgan fingerprint density at radius 2 is 1.68 bits per heavy atom. The van der Waals surface area contributed by atoms with Gasteiger partial charge in [-0.1, -0.05) is 61.5 Å². The number of ketones is 1. The Morgan fingerprint density at radius 1 is 0.941 bits per heavy atom. The standard InChI is InChI=1S/C28H27NO5/c1-3-15-34-23-14-8-12-21(17-23)26(30)24-25(20-11-7-13-22(16-20)33-2)29(28(32)27(24)31)18-19-9-5-4-6-10-19/h4-14,16-17,25,30H,3,15,18H2,1-2H3. The lowest BCUT2D eigenvalue weighted by Crippen LogP contribution is -2.29. The number of rotatable bonds is 8. The first-order chi connectivity index (χ1) is 16.5. The van der Waals surface area contributed by atoms with Crippen LogP contribution in [0.2, 0.25) is 0 Å².